The van der Waals surface area contributed by atoms with Crippen LogP contribution in [-0.4, -0.2) is 30.7 Å². The number of aromatic nitrogens is 2. The predicted octanol–water partition coefficient (Wildman–Crippen LogP) is 3.62. The number of anilines is 1. The zero-order valence-electron chi connectivity index (χ0n) is 11.7. The van der Waals surface area contributed by atoms with Gasteiger partial charge in [-0.25, -0.2) is 9.97 Å². The Balaban J connectivity index is 2.34. The number of ether oxygens (including phenoxy) is 1. The summed E-state index contributed by atoms with van der Waals surface area (Å²) in [6, 6.07) is 0. The van der Waals surface area contributed by atoms with Crippen LogP contribution in [0.4, 0.5) is 5.13 Å². The Labute approximate surface area is 121 Å². The van der Waals surface area contributed by atoms with Crippen molar-refractivity contribution in [3.63, 3.8) is 0 Å². The highest BCUT2D eigenvalue weighted by Crippen LogP contribution is 2.36. The van der Waals surface area contributed by atoms with Crippen molar-refractivity contribution in [3.05, 3.63) is 16.1 Å². The summed E-state index contributed by atoms with van der Waals surface area (Å²) in [5.41, 5.74) is 2.17. The molecular formula is C13H19N3OS2. The van der Waals surface area contributed by atoms with E-state index in [1.165, 1.54) is 4.88 Å². The third-order valence-corrected chi connectivity index (χ3v) is 4.73. The van der Waals surface area contributed by atoms with Crippen LogP contribution in [-0.2, 0) is 11.2 Å². The molecule has 0 aromatic carbocycles. The minimum absolute atomic E-state index is 0.405. The van der Waals surface area contributed by atoms with E-state index in [4.69, 9.17) is 9.72 Å². The molecule has 19 heavy (non-hydrogen) atoms. The fourth-order valence-electron chi connectivity index (χ4n) is 1.74. The predicted molar refractivity (Wildman–Crippen MR) is 82.4 cm³/mol. The second-order valence-electron chi connectivity index (χ2n) is 4.51. The summed E-state index contributed by atoms with van der Waals surface area (Å²) in [6.45, 7) is 5.05. The highest BCUT2D eigenvalue weighted by atomic mass is 32.1. The van der Waals surface area contributed by atoms with Crippen LogP contribution in [0, 0.1) is 0 Å². The van der Waals surface area contributed by atoms with Gasteiger partial charge in [0.2, 0.25) is 0 Å². The Bertz CT molecular complexity index is 534. The number of nitrogens with one attached hydrogen (secondary N) is 1. The third kappa shape index (κ3) is 3.32. The van der Waals surface area contributed by atoms with Crippen LogP contribution in [0.1, 0.15) is 30.5 Å². The van der Waals surface area contributed by atoms with Gasteiger partial charge in [-0.2, -0.15) is 0 Å². The standard InChI is InChI=1S/C13H19N3OS2/c1-8(2)11-12(9-7-18-13(14-3)15-9)19-10(16-11)5-6-17-4/h7-8H,5-6H2,1-4H3,(H,14,15). The zero-order valence-corrected chi connectivity index (χ0v) is 13.3. The molecule has 0 radical (unpaired) electrons. The molecule has 2 rings (SSSR count). The minimum atomic E-state index is 0.405. The molecule has 0 bridgehead atoms. The summed E-state index contributed by atoms with van der Waals surface area (Å²) in [4.78, 5) is 10.5. The summed E-state index contributed by atoms with van der Waals surface area (Å²) in [6.07, 6.45) is 0.865. The van der Waals surface area contributed by atoms with Gasteiger partial charge in [0.25, 0.3) is 0 Å². The van der Waals surface area contributed by atoms with Gasteiger partial charge >= 0.3 is 0 Å². The highest BCUT2D eigenvalue weighted by molar-refractivity contribution is 7.16. The summed E-state index contributed by atoms with van der Waals surface area (Å²) in [5, 5.41) is 7.23. The molecule has 6 heteroatoms. The molecule has 1 N–H and O–H groups in total. The summed E-state index contributed by atoms with van der Waals surface area (Å²) < 4.78 is 5.13. The van der Waals surface area contributed by atoms with Gasteiger partial charge in [0.1, 0.15) is 0 Å². The largest absolute Gasteiger partial charge is 0.384 e. The van der Waals surface area contributed by atoms with Crippen molar-refractivity contribution in [1.29, 1.82) is 0 Å². The molecule has 0 unspecified atom stereocenters. The van der Waals surface area contributed by atoms with E-state index >= 15 is 0 Å². The van der Waals surface area contributed by atoms with Crippen molar-refractivity contribution in [3.8, 4) is 10.6 Å². The monoisotopic (exact) mass is 297 g/mol. The second-order valence-corrected chi connectivity index (χ2v) is 6.45. The van der Waals surface area contributed by atoms with Crippen LogP contribution in [0.15, 0.2) is 5.38 Å². The first-order chi connectivity index (χ1) is 9.15. The fourth-order valence-corrected chi connectivity index (χ4v) is 3.64. The number of methoxy groups -OCH3 is 1. The molecule has 104 valence electrons. The van der Waals surface area contributed by atoms with Crippen molar-refractivity contribution < 1.29 is 4.74 Å². The Hall–Kier alpha value is -0.980. The molecule has 4 nitrogen and oxygen atoms in total. The van der Waals surface area contributed by atoms with Crippen LogP contribution in [0.5, 0.6) is 0 Å². The molecule has 0 atom stereocenters. The van der Waals surface area contributed by atoms with Gasteiger partial charge in [-0.3, -0.25) is 0 Å². The Morgan fingerprint density at radius 1 is 1.37 bits per heavy atom. The topological polar surface area (TPSA) is 47.0 Å². The van der Waals surface area contributed by atoms with E-state index in [0.29, 0.717) is 12.5 Å². The molecule has 0 aliphatic heterocycles. The number of rotatable bonds is 6. The van der Waals surface area contributed by atoms with E-state index in [1.807, 2.05) is 7.05 Å². The van der Waals surface area contributed by atoms with Gasteiger partial charge in [-0.1, -0.05) is 13.8 Å². The maximum absolute atomic E-state index is 5.13. The van der Waals surface area contributed by atoms with Crippen molar-refractivity contribution >= 4 is 27.8 Å². The van der Waals surface area contributed by atoms with Crippen molar-refractivity contribution in [2.24, 2.45) is 0 Å². The highest BCUT2D eigenvalue weighted by Gasteiger charge is 2.17. The van der Waals surface area contributed by atoms with Crippen LogP contribution in [0.3, 0.4) is 0 Å². The van der Waals surface area contributed by atoms with Gasteiger partial charge in [0, 0.05) is 26.0 Å². The Morgan fingerprint density at radius 3 is 2.74 bits per heavy atom. The first-order valence-electron chi connectivity index (χ1n) is 6.28. The summed E-state index contributed by atoms with van der Waals surface area (Å²) in [7, 11) is 3.61. The van der Waals surface area contributed by atoms with Crippen LogP contribution in [0.25, 0.3) is 10.6 Å². The molecular weight excluding hydrogens is 278 g/mol. The molecule has 2 heterocycles. The zero-order chi connectivity index (χ0) is 13.8. The molecule has 0 spiro atoms. The molecule has 0 fully saturated rings. The van der Waals surface area contributed by atoms with E-state index in [0.717, 1.165) is 27.9 Å². The van der Waals surface area contributed by atoms with E-state index in [-0.39, 0.29) is 0 Å². The summed E-state index contributed by atoms with van der Waals surface area (Å²) >= 11 is 3.35. The van der Waals surface area contributed by atoms with Crippen LogP contribution < -0.4 is 5.32 Å². The van der Waals surface area contributed by atoms with E-state index in [1.54, 1.807) is 29.8 Å². The summed E-state index contributed by atoms with van der Waals surface area (Å²) in [5.74, 6) is 0.405. The number of hydrogen-bond donors (Lipinski definition) is 1. The number of thiazole rings is 2. The molecule has 2 aromatic heterocycles. The van der Waals surface area contributed by atoms with Gasteiger partial charge < -0.3 is 10.1 Å². The number of hydrogen-bond acceptors (Lipinski definition) is 6. The molecule has 0 aliphatic carbocycles. The lowest BCUT2D eigenvalue weighted by molar-refractivity contribution is 0.202. The average Bonchev–Trinajstić information content (AvgIpc) is 3.02. The normalized spacial score (nSPS) is 11.2. The maximum atomic E-state index is 5.13. The third-order valence-electron chi connectivity index (χ3n) is 2.72. The quantitative estimate of drug-likeness (QED) is 0.884. The molecule has 0 aliphatic rings. The van der Waals surface area contributed by atoms with Crippen molar-refractivity contribution in [1.82, 2.24) is 9.97 Å². The van der Waals surface area contributed by atoms with Crippen molar-refractivity contribution in [2.45, 2.75) is 26.2 Å². The molecule has 0 saturated carbocycles. The SMILES string of the molecule is CNc1nc(-c2sc(CCOC)nc2C(C)C)cs1. The molecule has 0 amide bonds. The molecule has 2 aromatic rings. The smallest absolute Gasteiger partial charge is 0.182 e. The maximum Gasteiger partial charge on any atom is 0.182 e. The lowest BCUT2D eigenvalue weighted by atomic mass is 10.1. The average molecular weight is 297 g/mol. The lowest BCUT2D eigenvalue weighted by Crippen LogP contribution is -1.95. The van der Waals surface area contributed by atoms with Gasteiger partial charge in [-0.05, 0) is 5.92 Å². The van der Waals surface area contributed by atoms with Crippen LogP contribution >= 0.6 is 22.7 Å². The minimum Gasteiger partial charge on any atom is -0.384 e. The lowest BCUT2D eigenvalue weighted by Gasteiger charge is -2.02. The van der Waals surface area contributed by atoms with Gasteiger partial charge in [0.15, 0.2) is 5.13 Å². The first-order valence-corrected chi connectivity index (χ1v) is 7.97. The molecule has 0 saturated heterocycles. The fraction of sp³-hybridized carbons (Fsp3) is 0.538. The van der Waals surface area contributed by atoms with Crippen LogP contribution in [0.2, 0.25) is 0 Å². The Morgan fingerprint density at radius 2 is 2.16 bits per heavy atom. The van der Waals surface area contributed by atoms with E-state index in [2.05, 4.69) is 29.5 Å². The number of nitrogens with zero attached hydrogens (tertiary/aromatic N) is 2. The van der Waals surface area contributed by atoms with Crippen molar-refractivity contribution in [2.75, 3.05) is 26.1 Å². The van der Waals surface area contributed by atoms with E-state index < -0.39 is 0 Å². The first kappa shape index (κ1) is 14.4. The van der Waals surface area contributed by atoms with E-state index in [9.17, 15) is 0 Å². The van der Waals surface area contributed by atoms with Gasteiger partial charge in [-0.15, -0.1) is 22.7 Å². The second kappa shape index (κ2) is 6.45. The Kier molecular flexibility index (Phi) is 4.90. The van der Waals surface area contributed by atoms with Gasteiger partial charge in [0.05, 0.1) is 27.9 Å².